The number of carbonyl (C=O) groups is 1. The van der Waals surface area contributed by atoms with Crippen LogP contribution in [0.25, 0.3) is 26.1 Å². The molecule has 3 heterocycles. The number of aromatic nitrogens is 4. The van der Waals surface area contributed by atoms with Gasteiger partial charge in [0.2, 0.25) is 10.9 Å². The van der Waals surface area contributed by atoms with Crippen molar-refractivity contribution < 1.29 is 4.79 Å². The van der Waals surface area contributed by atoms with Gasteiger partial charge in [0.05, 0.1) is 21.5 Å². The lowest BCUT2D eigenvalue weighted by Gasteiger charge is -2.14. The summed E-state index contributed by atoms with van der Waals surface area (Å²) in [5.41, 5.74) is 4.70. The molecule has 0 N–H and O–H groups in total. The Morgan fingerprint density at radius 2 is 1.79 bits per heavy atom. The third-order valence-electron chi connectivity index (χ3n) is 5.66. The number of carbonyl (C=O) groups excluding carboxylic acids is 1. The zero-order valence-electron chi connectivity index (χ0n) is 15.7. The Kier molecular flexibility index (Phi) is 3.99. The normalized spacial score (nSPS) is 14.1. The van der Waals surface area contributed by atoms with Gasteiger partial charge in [-0.05, 0) is 49.4 Å². The summed E-state index contributed by atoms with van der Waals surface area (Å²) in [6.45, 7) is 0. The van der Waals surface area contributed by atoms with Crippen LogP contribution in [-0.2, 0) is 12.8 Å². The molecule has 29 heavy (non-hydrogen) atoms. The monoisotopic (exact) mass is 418 g/mol. The van der Waals surface area contributed by atoms with Crippen molar-refractivity contribution in [2.45, 2.75) is 30.8 Å². The molecular formula is C22H18N4OS2. The summed E-state index contributed by atoms with van der Waals surface area (Å²) >= 11 is 3.09. The first kappa shape index (κ1) is 17.2. The number of fused-ring (bicyclic) bond motifs is 6. The molecule has 6 rings (SSSR count). The van der Waals surface area contributed by atoms with Crippen molar-refractivity contribution in [1.82, 2.24) is 19.2 Å². The van der Waals surface area contributed by atoms with Gasteiger partial charge < -0.3 is 0 Å². The summed E-state index contributed by atoms with van der Waals surface area (Å²) in [6, 6.07) is 16.5. The van der Waals surface area contributed by atoms with Crippen molar-refractivity contribution in [2.75, 3.05) is 5.75 Å². The van der Waals surface area contributed by atoms with E-state index in [0.29, 0.717) is 5.75 Å². The second-order valence-corrected chi connectivity index (χ2v) is 9.29. The van der Waals surface area contributed by atoms with Gasteiger partial charge in [-0.25, -0.2) is 0 Å². The molecular weight excluding hydrogens is 400 g/mol. The van der Waals surface area contributed by atoms with E-state index in [4.69, 9.17) is 0 Å². The molecule has 0 amide bonds. The van der Waals surface area contributed by atoms with Crippen molar-refractivity contribution in [1.29, 1.82) is 0 Å². The standard InChI is InChI=1S/C22H18N4OS2/c27-20(25-16-9-3-1-7-14(16)15-8-2-4-10-17(15)25)13-28-21-23-24-22-26(21)18-11-5-6-12-19(18)29-22/h1,3,5-7,9,11-12H,2,4,8,10,13H2. The van der Waals surface area contributed by atoms with Gasteiger partial charge in [0.15, 0.2) is 5.16 Å². The molecule has 0 saturated carbocycles. The maximum absolute atomic E-state index is 13.3. The summed E-state index contributed by atoms with van der Waals surface area (Å²) in [5.74, 6) is 0.460. The Bertz CT molecular complexity index is 1390. The van der Waals surface area contributed by atoms with Gasteiger partial charge in [0.25, 0.3) is 0 Å². The van der Waals surface area contributed by atoms with Gasteiger partial charge in [-0.3, -0.25) is 13.8 Å². The number of rotatable bonds is 3. The van der Waals surface area contributed by atoms with Crippen LogP contribution in [-0.4, -0.2) is 30.8 Å². The van der Waals surface area contributed by atoms with E-state index < -0.39 is 0 Å². The third kappa shape index (κ3) is 2.64. The van der Waals surface area contributed by atoms with E-state index in [0.717, 1.165) is 40.4 Å². The van der Waals surface area contributed by atoms with Gasteiger partial charge in [-0.2, -0.15) is 0 Å². The molecule has 0 atom stereocenters. The molecule has 0 spiro atoms. The zero-order chi connectivity index (χ0) is 19.4. The predicted octanol–water partition coefficient (Wildman–Crippen LogP) is 5.21. The summed E-state index contributed by atoms with van der Waals surface area (Å²) < 4.78 is 5.19. The average Bonchev–Trinajstić information content (AvgIpc) is 3.42. The number of hydrogen-bond donors (Lipinski definition) is 0. The molecule has 0 fully saturated rings. The molecule has 5 nitrogen and oxygen atoms in total. The lowest BCUT2D eigenvalue weighted by Crippen LogP contribution is -2.18. The molecule has 5 aromatic rings. The first-order valence-corrected chi connectivity index (χ1v) is 11.6. The second kappa shape index (κ2) is 6.71. The topological polar surface area (TPSA) is 52.2 Å². The lowest BCUT2D eigenvalue weighted by atomic mass is 9.96. The number of thioether (sulfide) groups is 1. The minimum atomic E-state index is 0.116. The highest BCUT2D eigenvalue weighted by molar-refractivity contribution is 7.99. The van der Waals surface area contributed by atoms with Crippen LogP contribution in [0.1, 0.15) is 28.9 Å². The van der Waals surface area contributed by atoms with Crippen LogP contribution in [0.2, 0.25) is 0 Å². The van der Waals surface area contributed by atoms with Crippen molar-refractivity contribution in [3.8, 4) is 0 Å². The maximum Gasteiger partial charge on any atom is 0.241 e. The highest BCUT2D eigenvalue weighted by Gasteiger charge is 2.23. The minimum absolute atomic E-state index is 0.116. The highest BCUT2D eigenvalue weighted by Crippen LogP contribution is 2.33. The van der Waals surface area contributed by atoms with Crippen LogP contribution in [0.3, 0.4) is 0 Å². The fourth-order valence-corrected chi connectivity index (χ4v) is 6.24. The van der Waals surface area contributed by atoms with Crippen LogP contribution >= 0.6 is 23.1 Å². The summed E-state index contributed by atoms with van der Waals surface area (Å²) in [4.78, 5) is 14.2. The van der Waals surface area contributed by atoms with E-state index in [1.807, 2.05) is 22.8 Å². The molecule has 0 aliphatic heterocycles. The Balaban J connectivity index is 1.37. The van der Waals surface area contributed by atoms with Crippen molar-refractivity contribution in [2.24, 2.45) is 0 Å². The summed E-state index contributed by atoms with van der Waals surface area (Å²) in [5, 5.41) is 10.6. The summed E-state index contributed by atoms with van der Waals surface area (Å²) in [6.07, 6.45) is 4.39. The average molecular weight is 419 g/mol. The fourth-order valence-electron chi connectivity index (χ4n) is 4.42. The van der Waals surface area contributed by atoms with Crippen LogP contribution in [0.5, 0.6) is 0 Å². The van der Waals surface area contributed by atoms with Gasteiger partial charge in [-0.15, -0.1) is 10.2 Å². The molecule has 3 aromatic heterocycles. The number of para-hydroxylation sites is 2. The number of benzene rings is 2. The van der Waals surface area contributed by atoms with Crippen molar-refractivity contribution >= 4 is 55.1 Å². The molecule has 0 radical (unpaired) electrons. The quantitative estimate of drug-likeness (QED) is 0.378. The molecule has 144 valence electrons. The Labute approximate surface area is 175 Å². The van der Waals surface area contributed by atoms with Gasteiger partial charge in [0.1, 0.15) is 0 Å². The summed E-state index contributed by atoms with van der Waals surface area (Å²) in [7, 11) is 0. The van der Waals surface area contributed by atoms with E-state index in [9.17, 15) is 4.79 Å². The Hall–Kier alpha value is -2.64. The van der Waals surface area contributed by atoms with Gasteiger partial charge in [0, 0.05) is 11.1 Å². The molecule has 7 heteroatoms. The Morgan fingerprint density at radius 3 is 2.72 bits per heavy atom. The number of thiazole rings is 1. The largest absolute Gasteiger partial charge is 0.283 e. The van der Waals surface area contributed by atoms with E-state index in [1.54, 1.807) is 11.3 Å². The van der Waals surface area contributed by atoms with E-state index in [1.165, 1.54) is 39.5 Å². The van der Waals surface area contributed by atoms with Crippen molar-refractivity contribution in [3.05, 3.63) is 59.8 Å². The molecule has 1 aliphatic carbocycles. The SMILES string of the molecule is O=C(CSc1nnc2sc3ccccc3n12)n1c2c(c3ccccc31)CCCC2. The Morgan fingerprint density at radius 1 is 1.00 bits per heavy atom. The smallest absolute Gasteiger partial charge is 0.241 e. The molecule has 0 saturated heterocycles. The molecule has 0 unspecified atom stereocenters. The fraction of sp³-hybridized carbons (Fsp3) is 0.227. The minimum Gasteiger partial charge on any atom is -0.283 e. The number of hydrogen-bond acceptors (Lipinski definition) is 5. The van der Waals surface area contributed by atoms with Crippen LogP contribution in [0, 0.1) is 0 Å². The van der Waals surface area contributed by atoms with Crippen LogP contribution < -0.4 is 0 Å². The van der Waals surface area contributed by atoms with Gasteiger partial charge in [-0.1, -0.05) is 53.4 Å². The molecule has 0 bridgehead atoms. The van der Waals surface area contributed by atoms with Crippen LogP contribution in [0.15, 0.2) is 53.7 Å². The zero-order valence-corrected chi connectivity index (χ0v) is 17.3. The highest BCUT2D eigenvalue weighted by atomic mass is 32.2. The first-order chi connectivity index (χ1) is 14.3. The predicted molar refractivity (Wildman–Crippen MR) is 118 cm³/mol. The van der Waals surface area contributed by atoms with E-state index >= 15 is 0 Å². The van der Waals surface area contributed by atoms with Gasteiger partial charge >= 0.3 is 0 Å². The maximum atomic E-state index is 13.3. The number of aryl methyl sites for hydroxylation is 1. The molecule has 1 aliphatic rings. The van der Waals surface area contributed by atoms with Crippen molar-refractivity contribution in [3.63, 3.8) is 0 Å². The molecule has 2 aromatic carbocycles. The number of nitrogens with zero attached hydrogens (tertiary/aromatic N) is 4. The van der Waals surface area contributed by atoms with Crippen LogP contribution in [0.4, 0.5) is 0 Å². The first-order valence-electron chi connectivity index (χ1n) is 9.81. The third-order valence-corrected chi connectivity index (χ3v) is 7.59. The van der Waals surface area contributed by atoms with E-state index in [-0.39, 0.29) is 5.91 Å². The lowest BCUT2D eigenvalue weighted by molar-refractivity contribution is 0.0943. The van der Waals surface area contributed by atoms with E-state index in [2.05, 4.69) is 44.9 Å². The second-order valence-electron chi connectivity index (χ2n) is 7.34.